The number of ether oxygens (including phenoxy) is 1. The summed E-state index contributed by atoms with van der Waals surface area (Å²) in [5, 5.41) is 12.2. The average molecular weight is 285 g/mol. The van der Waals surface area contributed by atoms with Gasteiger partial charge in [0.05, 0.1) is 0 Å². The molecule has 2 rings (SSSR count). The van der Waals surface area contributed by atoms with Crippen LogP contribution in [-0.2, 0) is 4.79 Å². The van der Waals surface area contributed by atoms with Crippen LogP contribution < -0.4 is 10.1 Å². The van der Waals surface area contributed by atoms with E-state index in [0.29, 0.717) is 12.2 Å². The number of carboxylic acid groups (broad SMARTS) is 1. The maximum atomic E-state index is 11.2. The number of hydrogen-bond donors (Lipinski definition) is 2. The quantitative estimate of drug-likeness (QED) is 0.802. The molecule has 4 heteroatoms. The van der Waals surface area contributed by atoms with Crippen LogP contribution in [-0.4, -0.2) is 17.1 Å². The van der Waals surface area contributed by atoms with Crippen LogP contribution in [0.15, 0.2) is 54.6 Å². The lowest BCUT2D eigenvalue weighted by molar-refractivity contribution is -0.138. The summed E-state index contributed by atoms with van der Waals surface area (Å²) in [6.45, 7) is 1.96. The third-order valence-electron chi connectivity index (χ3n) is 3.03. The Labute approximate surface area is 124 Å². The zero-order chi connectivity index (χ0) is 15.1. The first-order valence-electron chi connectivity index (χ1n) is 7.01. The highest BCUT2D eigenvalue weighted by atomic mass is 16.5. The van der Waals surface area contributed by atoms with Crippen molar-refractivity contribution < 1.29 is 14.6 Å². The number of benzene rings is 2. The first-order valence-corrected chi connectivity index (χ1v) is 7.01. The van der Waals surface area contributed by atoms with E-state index < -0.39 is 12.0 Å². The molecule has 0 spiro atoms. The Bertz CT molecular complexity index is 584. The molecular formula is C17H19NO3. The van der Waals surface area contributed by atoms with Crippen LogP contribution in [0.25, 0.3) is 0 Å². The van der Waals surface area contributed by atoms with E-state index in [4.69, 9.17) is 4.74 Å². The molecule has 0 amide bonds. The van der Waals surface area contributed by atoms with Gasteiger partial charge < -0.3 is 15.2 Å². The second-order valence-corrected chi connectivity index (χ2v) is 4.77. The predicted molar refractivity (Wildman–Crippen MR) is 82.9 cm³/mol. The van der Waals surface area contributed by atoms with E-state index >= 15 is 0 Å². The van der Waals surface area contributed by atoms with Crippen LogP contribution in [0.4, 0.5) is 5.69 Å². The van der Waals surface area contributed by atoms with E-state index in [0.717, 1.165) is 17.9 Å². The van der Waals surface area contributed by atoms with Gasteiger partial charge in [-0.05, 0) is 30.7 Å². The third kappa shape index (κ3) is 4.53. The molecule has 2 aromatic carbocycles. The minimum atomic E-state index is -0.841. The summed E-state index contributed by atoms with van der Waals surface area (Å²) < 4.78 is 5.73. The smallest absolute Gasteiger partial charge is 0.326 e. The second-order valence-electron chi connectivity index (χ2n) is 4.77. The molecule has 110 valence electrons. The third-order valence-corrected chi connectivity index (χ3v) is 3.03. The van der Waals surface area contributed by atoms with Crippen molar-refractivity contribution in [2.24, 2.45) is 0 Å². The van der Waals surface area contributed by atoms with Gasteiger partial charge in [0.1, 0.15) is 17.5 Å². The minimum absolute atomic E-state index is 0.582. The first kappa shape index (κ1) is 14.9. The molecule has 0 radical (unpaired) electrons. The van der Waals surface area contributed by atoms with E-state index in [9.17, 15) is 9.90 Å². The molecule has 0 aliphatic rings. The largest absolute Gasteiger partial charge is 0.480 e. The molecule has 1 unspecified atom stereocenters. The highest BCUT2D eigenvalue weighted by Gasteiger charge is 2.15. The van der Waals surface area contributed by atoms with Gasteiger partial charge in [-0.1, -0.05) is 37.6 Å². The molecule has 0 aliphatic heterocycles. The number of carboxylic acids is 1. The van der Waals surface area contributed by atoms with Crippen molar-refractivity contribution in [1.29, 1.82) is 0 Å². The highest BCUT2D eigenvalue weighted by Crippen LogP contribution is 2.24. The summed E-state index contributed by atoms with van der Waals surface area (Å²) >= 11 is 0. The fourth-order valence-electron chi connectivity index (χ4n) is 2.02. The van der Waals surface area contributed by atoms with Gasteiger partial charge in [-0.15, -0.1) is 0 Å². The van der Waals surface area contributed by atoms with E-state index in [-0.39, 0.29) is 0 Å². The van der Waals surface area contributed by atoms with E-state index in [1.165, 1.54) is 0 Å². The lowest BCUT2D eigenvalue weighted by Crippen LogP contribution is -2.28. The maximum Gasteiger partial charge on any atom is 0.326 e. The molecule has 2 N–H and O–H groups in total. The number of hydrogen-bond acceptors (Lipinski definition) is 3. The van der Waals surface area contributed by atoms with Crippen LogP contribution in [0, 0.1) is 0 Å². The minimum Gasteiger partial charge on any atom is -0.480 e. The lowest BCUT2D eigenvalue weighted by Gasteiger charge is -2.15. The number of anilines is 1. The molecule has 2 aromatic rings. The van der Waals surface area contributed by atoms with Crippen LogP contribution in [0.2, 0.25) is 0 Å². The summed E-state index contributed by atoms with van der Waals surface area (Å²) in [7, 11) is 0. The summed E-state index contributed by atoms with van der Waals surface area (Å²) in [6, 6.07) is 16.2. The Balaban J connectivity index is 2.08. The van der Waals surface area contributed by atoms with Gasteiger partial charge in [-0.2, -0.15) is 0 Å². The normalized spacial score (nSPS) is 11.7. The van der Waals surface area contributed by atoms with Crippen LogP contribution >= 0.6 is 0 Å². The van der Waals surface area contributed by atoms with Crippen LogP contribution in [0.3, 0.4) is 0 Å². The van der Waals surface area contributed by atoms with Crippen molar-refractivity contribution >= 4 is 11.7 Å². The van der Waals surface area contributed by atoms with Gasteiger partial charge in [0.2, 0.25) is 0 Å². The SMILES string of the molecule is CCCC(Nc1cccc(Oc2ccccc2)c1)C(=O)O. The van der Waals surface area contributed by atoms with Gasteiger partial charge >= 0.3 is 5.97 Å². The molecule has 0 saturated heterocycles. The topological polar surface area (TPSA) is 58.6 Å². The van der Waals surface area contributed by atoms with Crippen molar-refractivity contribution in [2.45, 2.75) is 25.8 Å². The van der Waals surface area contributed by atoms with Gasteiger partial charge in [0, 0.05) is 11.8 Å². The Morgan fingerprint density at radius 3 is 2.52 bits per heavy atom. The van der Waals surface area contributed by atoms with Crippen molar-refractivity contribution in [3.05, 3.63) is 54.6 Å². The molecule has 21 heavy (non-hydrogen) atoms. The standard InChI is InChI=1S/C17H19NO3/c1-2-7-16(17(19)20)18-13-8-6-11-15(12-13)21-14-9-4-3-5-10-14/h3-6,8-12,16,18H,2,7H2,1H3,(H,19,20). The molecule has 0 bridgehead atoms. The van der Waals surface area contributed by atoms with Gasteiger partial charge in [0.15, 0.2) is 0 Å². The van der Waals surface area contributed by atoms with Crippen molar-refractivity contribution in [1.82, 2.24) is 0 Å². The fraction of sp³-hybridized carbons (Fsp3) is 0.235. The summed E-state index contributed by atoms with van der Waals surface area (Å²) in [5.41, 5.74) is 0.740. The molecular weight excluding hydrogens is 266 g/mol. The molecule has 0 heterocycles. The van der Waals surface area contributed by atoms with Crippen molar-refractivity contribution in [2.75, 3.05) is 5.32 Å². The zero-order valence-corrected chi connectivity index (χ0v) is 12.0. The molecule has 4 nitrogen and oxygen atoms in total. The van der Waals surface area contributed by atoms with Gasteiger partial charge in [0.25, 0.3) is 0 Å². The van der Waals surface area contributed by atoms with E-state index in [2.05, 4.69) is 5.32 Å². The number of nitrogens with one attached hydrogen (secondary N) is 1. The second kappa shape index (κ2) is 7.33. The Kier molecular flexibility index (Phi) is 5.21. The predicted octanol–water partition coefficient (Wildman–Crippen LogP) is 4.14. The van der Waals surface area contributed by atoms with E-state index in [1.54, 1.807) is 6.07 Å². The summed E-state index contributed by atoms with van der Waals surface area (Å²) in [4.78, 5) is 11.2. The summed E-state index contributed by atoms with van der Waals surface area (Å²) in [6.07, 6.45) is 1.39. The zero-order valence-electron chi connectivity index (χ0n) is 12.0. The summed E-state index contributed by atoms with van der Waals surface area (Å²) in [5.74, 6) is 0.580. The first-order chi connectivity index (χ1) is 10.2. The Hall–Kier alpha value is -2.49. The molecule has 0 fully saturated rings. The van der Waals surface area contributed by atoms with Crippen molar-refractivity contribution in [3.8, 4) is 11.5 Å². The van der Waals surface area contributed by atoms with Crippen LogP contribution in [0.5, 0.6) is 11.5 Å². The molecule has 1 atom stereocenters. The van der Waals surface area contributed by atoms with Gasteiger partial charge in [-0.25, -0.2) is 4.79 Å². The lowest BCUT2D eigenvalue weighted by atomic mass is 10.1. The molecule has 0 aliphatic carbocycles. The number of carbonyl (C=O) groups is 1. The highest BCUT2D eigenvalue weighted by molar-refractivity contribution is 5.77. The van der Waals surface area contributed by atoms with Crippen LogP contribution in [0.1, 0.15) is 19.8 Å². The number of aliphatic carboxylic acids is 1. The fourth-order valence-corrected chi connectivity index (χ4v) is 2.02. The average Bonchev–Trinajstić information content (AvgIpc) is 2.48. The Morgan fingerprint density at radius 1 is 1.14 bits per heavy atom. The molecule has 0 saturated carbocycles. The maximum absolute atomic E-state index is 11.2. The van der Waals surface area contributed by atoms with E-state index in [1.807, 2.05) is 55.5 Å². The number of rotatable bonds is 7. The Morgan fingerprint density at radius 2 is 1.86 bits per heavy atom. The number of para-hydroxylation sites is 1. The monoisotopic (exact) mass is 285 g/mol. The van der Waals surface area contributed by atoms with Gasteiger partial charge in [-0.3, -0.25) is 0 Å². The van der Waals surface area contributed by atoms with Crippen molar-refractivity contribution in [3.63, 3.8) is 0 Å². The molecule has 0 aromatic heterocycles.